The van der Waals surface area contributed by atoms with Crippen molar-refractivity contribution in [2.45, 2.75) is 116 Å². The average molecular weight is 526 g/mol. The highest BCUT2D eigenvalue weighted by Crippen LogP contribution is 2.20. The minimum absolute atomic E-state index is 0.0828. The Kier molecular flexibility index (Phi) is 21.0. The Morgan fingerprint density at radius 3 is 2.19 bits per heavy atom. The molecule has 0 aromatic carbocycles. The number of ether oxygens (including phenoxy) is 2. The molecule has 216 valence electrons. The molecule has 0 aliphatic heterocycles. The van der Waals surface area contributed by atoms with E-state index in [-0.39, 0.29) is 42.7 Å². The van der Waals surface area contributed by atoms with Crippen LogP contribution < -0.4 is 5.32 Å². The van der Waals surface area contributed by atoms with Crippen LogP contribution in [0.2, 0.25) is 0 Å². The van der Waals surface area contributed by atoms with Crippen LogP contribution in [0.5, 0.6) is 0 Å². The molecule has 2 unspecified atom stereocenters. The smallest absolute Gasteiger partial charge is 0.306 e. The van der Waals surface area contributed by atoms with Crippen LogP contribution in [-0.4, -0.2) is 69.8 Å². The van der Waals surface area contributed by atoms with Crippen molar-refractivity contribution < 1.29 is 28.3 Å². The van der Waals surface area contributed by atoms with E-state index in [2.05, 4.69) is 52.5 Å². The van der Waals surface area contributed by atoms with Crippen molar-refractivity contribution in [3.8, 4) is 0 Å². The van der Waals surface area contributed by atoms with Crippen LogP contribution in [0.4, 0.5) is 0 Å². The number of rotatable bonds is 23. The third kappa shape index (κ3) is 23.0. The second-order valence-electron chi connectivity index (χ2n) is 11.3. The van der Waals surface area contributed by atoms with E-state index in [9.17, 15) is 14.4 Å². The first-order valence-corrected chi connectivity index (χ1v) is 14.6. The molecule has 7 heteroatoms. The fraction of sp³-hybridized carbons (Fsp3) is 0.833. The van der Waals surface area contributed by atoms with E-state index >= 15 is 0 Å². The Morgan fingerprint density at radius 1 is 0.838 bits per heavy atom. The molecular weight excluding hydrogens is 468 g/mol. The van der Waals surface area contributed by atoms with Gasteiger partial charge >= 0.3 is 11.9 Å². The summed E-state index contributed by atoms with van der Waals surface area (Å²) in [5.41, 5.74) is 0. The number of hydrogen-bond acceptors (Lipinski definition) is 5. The predicted octanol–water partition coefficient (Wildman–Crippen LogP) is 5.96. The fourth-order valence-electron chi connectivity index (χ4n) is 3.95. The second-order valence-corrected chi connectivity index (χ2v) is 11.3. The lowest BCUT2D eigenvalue weighted by Crippen LogP contribution is -2.38. The Bertz CT molecular complexity index is 642. The molecule has 0 saturated heterocycles. The Balaban J connectivity index is 4.24. The lowest BCUT2D eigenvalue weighted by molar-refractivity contribution is -0.870. The maximum Gasteiger partial charge on any atom is 0.306 e. The third-order valence-electron chi connectivity index (χ3n) is 6.52. The molecule has 0 radical (unpaired) electrons. The van der Waals surface area contributed by atoms with Gasteiger partial charge in [0, 0.05) is 26.3 Å². The van der Waals surface area contributed by atoms with Crippen LogP contribution in [0.25, 0.3) is 0 Å². The molecule has 0 spiro atoms. The number of allylic oxidation sites excluding steroid dienone is 2. The monoisotopic (exact) mass is 525 g/mol. The molecule has 0 aromatic rings. The van der Waals surface area contributed by atoms with Gasteiger partial charge in [0.25, 0.3) is 0 Å². The molecule has 0 heterocycles. The first kappa shape index (κ1) is 35.1. The van der Waals surface area contributed by atoms with Gasteiger partial charge in [-0.05, 0) is 50.9 Å². The number of carbonyl (C=O) groups excluding carboxylic acids is 3. The van der Waals surface area contributed by atoms with E-state index in [1.807, 2.05) is 0 Å². The number of unbranched alkanes of at least 4 members (excludes halogenated alkanes) is 7. The lowest BCUT2D eigenvalue weighted by Gasteiger charge is -2.24. The average Bonchev–Trinajstić information content (AvgIpc) is 2.83. The van der Waals surface area contributed by atoms with Crippen molar-refractivity contribution in [1.29, 1.82) is 0 Å². The zero-order valence-corrected chi connectivity index (χ0v) is 24.8. The van der Waals surface area contributed by atoms with Gasteiger partial charge in [-0.3, -0.25) is 14.4 Å². The van der Waals surface area contributed by atoms with Crippen molar-refractivity contribution in [1.82, 2.24) is 5.32 Å². The van der Waals surface area contributed by atoms with Crippen LogP contribution in [0.3, 0.4) is 0 Å². The highest BCUT2D eigenvalue weighted by molar-refractivity contribution is 5.75. The Morgan fingerprint density at radius 2 is 1.51 bits per heavy atom. The SMILES string of the molecule is CCCCCC(OC(=O)CCCC(=O)OCC[N+](C)(C)C)C(C)C/C=C\CCCCCCCC(=O)NC. The van der Waals surface area contributed by atoms with Crippen molar-refractivity contribution >= 4 is 17.8 Å². The van der Waals surface area contributed by atoms with E-state index < -0.39 is 0 Å². The molecule has 0 aliphatic rings. The van der Waals surface area contributed by atoms with E-state index in [0.717, 1.165) is 68.8 Å². The highest BCUT2D eigenvalue weighted by Gasteiger charge is 2.21. The minimum atomic E-state index is -0.247. The van der Waals surface area contributed by atoms with Crippen LogP contribution in [0, 0.1) is 5.92 Å². The molecule has 37 heavy (non-hydrogen) atoms. The van der Waals surface area contributed by atoms with Crippen LogP contribution in [-0.2, 0) is 23.9 Å². The normalized spacial score (nSPS) is 13.4. The van der Waals surface area contributed by atoms with Gasteiger partial charge in [-0.2, -0.15) is 0 Å². The summed E-state index contributed by atoms with van der Waals surface area (Å²) in [6, 6.07) is 0. The number of quaternary nitrogens is 1. The summed E-state index contributed by atoms with van der Waals surface area (Å²) in [6.45, 7) is 5.50. The maximum atomic E-state index is 12.5. The highest BCUT2D eigenvalue weighted by atomic mass is 16.5. The molecule has 0 fully saturated rings. The topological polar surface area (TPSA) is 81.7 Å². The second kappa shape index (κ2) is 22.1. The van der Waals surface area contributed by atoms with Gasteiger partial charge in [0.2, 0.25) is 5.91 Å². The number of hydrogen-bond donors (Lipinski definition) is 1. The number of esters is 2. The largest absolute Gasteiger partial charge is 0.462 e. The van der Waals surface area contributed by atoms with Gasteiger partial charge in [0.1, 0.15) is 19.3 Å². The number of amides is 1. The van der Waals surface area contributed by atoms with Gasteiger partial charge in [-0.1, -0.05) is 58.1 Å². The third-order valence-corrected chi connectivity index (χ3v) is 6.52. The van der Waals surface area contributed by atoms with Gasteiger partial charge < -0.3 is 19.3 Å². The number of nitrogens with zero attached hydrogens (tertiary/aromatic N) is 1. The summed E-state index contributed by atoms with van der Waals surface area (Å²) < 4.78 is 11.9. The molecule has 0 bridgehead atoms. The Hall–Kier alpha value is -1.89. The Labute approximate surface area is 227 Å². The first-order valence-electron chi connectivity index (χ1n) is 14.6. The molecule has 0 rings (SSSR count). The van der Waals surface area contributed by atoms with Gasteiger partial charge in [0.15, 0.2) is 0 Å². The van der Waals surface area contributed by atoms with Gasteiger partial charge in [-0.15, -0.1) is 0 Å². The number of carbonyl (C=O) groups is 3. The molecule has 0 aliphatic carbocycles. The molecule has 0 saturated carbocycles. The molecule has 2 atom stereocenters. The molecular formula is C30H57N2O5+. The number of likely N-dealkylation sites (N-methyl/N-ethyl adjacent to an activating group) is 1. The lowest BCUT2D eigenvalue weighted by atomic mass is 9.95. The summed E-state index contributed by atoms with van der Waals surface area (Å²) in [7, 11) is 7.85. The van der Waals surface area contributed by atoms with Crippen molar-refractivity contribution in [3.63, 3.8) is 0 Å². The van der Waals surface area contributed by atoms with Gasteiger partial charge in [0.05, 0.1) is 21.1 Å². The summed E-state index contributed by atoms with van der Waals surface area (Å²) in [5, 5.41) is 2.66. The van der Waals surface area contributed by atoms with Gasteiger partial charge in [-0.25, -0.2) is 0 Å². The molecule has 7 nitrogen and oxygen atoms in total. The van der Waals surface area contributed by atoms with Crippen LogP contribution in [0.15, 0.2) is 12.2 Å². The van der Waals surface area contributed by atoms with Crippen molar-refractivity contribution in [2.24, 2.45) is 5.92 Å². The summed E-state index contributed by atoms with van der Waals surface area (Å²) >= 11 is 0. The van der Waals surface area contributed by atoms with Crippen molar-refractivity contribution in [3.05, 3.63) is 12.2 Å². The molecule has 1 amide bonds. The fourth-order valence-corrected chi connectivity index (χ4v) is 3.95. The van der Waals surface area contributed by atoms with E-state index in [1.54, 1.807) is 7.05 Å². The standard InChI is InChI=1S/C30H56N2O5/c1-7-8-15-20-27(37-30(35)23-18-22-29(34)36-25-24-32(4,5)6)26(2)19-16-13-11-9-10-12-14-17-21-28(33)31-3/h13,16,26-27H,7-12,14-15,17-25H2,1-6H3/p+1/b16-13-. The zero-order chi connectivity index (χ0) is 27.9. The maximum absolute atomic E-state index is 12.5. The van der Waals surface area contributed by atoms with Crippen molar-refractivity contribution in [2.75, 3.05) is 41.3 Å². The zero-order valence-electron chi connectivity index (χ0n) is 24.8. The summed E-state index contributed by atoms with van der Waals surface area (Å²) in [4.78, 5) is 35.6. The summed E-state index contributed by atoms with van der Waals surface area (Å²) in [6.07, 6.45) is 17.8. The number of nitrogens with one attached hydrogen (secondary N) is 1. The summed E-state index contributed by atoms with van der Waals surface area (Å²) in [5.74, 6) is -0.0692. The van der Waals surface area contributed by atoms with E-state index in [4.69, 9.17) is 9.47 Å². The predicted molar refractivity (Wildman–Crippen MR) is 151 cm³/mol. The molecule has 0 aromatic heterocycles. The minimum Gasteiger partial charge on any atom is -0.462 e. The van der Waals surface area contributed by atoms with E-state index in [1.165, 1.54) is 12.8 Å². The quantitative estimate of drug-likeness (QED) is 0.0771. The first-order chi connectivity index (χ1) is 17.6. The van der Waals surface area contributed by atoms with Crippen LogP contribution in [0.1, 0.15) is 110 Å². The molecule has 1 N–H and O–H groups in total. The van der Waals surface area contributed by atoms with Crippen LogP contribution >= 0.6 is 0 Å². The van der Waals surface area contributed by atoms with E-state index in [0.29, 0.717) is 19.4 Å².